The van der Waals surface area contributed by atoms with E-state index in [2.05, 4.69) is 20.7 Å². The molecule has 48 heavy (non-hydrogen) atoms. The Hall–Kier alpha value is -2.74. The number of amides is 3. The van der Waals surface area contributed by atoms with E-state index in [0.717, 1.165) is 44.1 Å². The highest BCUT2D eigenvalue weighted by atomic mass is 32.2. The Labute approximate surface area is 287 Å². The lowest BCUT2D eigenvalue weighted by atomic mass is 9.83. The molecule has 0 radical (unpaired) electrons. The molecule has 3 amide bonds. The summed E-state index contributed by atoms with van der Waals surface area (Å²) in [6.45, 7) is 8.66. The first-order valence-electron chi connectivity index (χ1n) is 17.6. The Bertz CT molecular complexity index is 1220. The summed E-state index contributed by atoms with van der Waals surface area (Å²) >= 11 is 0. The third-order valence-electron chi connectivity index (χ3n) is 8.40. The number of benzene rings is 1. The topological polar surface area (TPSA) is 183 Å². The molecule has 1 aromatic carbocycles. The van der Waals surface area contributed by atoms with Crippen LogP contribution in [-0.4, -0.2) is 84.8 Å². The van der Waals surface area contributed by atoms with Crippen molar-refractivity contribution in [3.63, 3.8) is 0 Å². The molecule has 1 aromatic rings. The number of aliphatic hydroxyl groups is 2. The molecule has 0 aromatic heterocycles. The van der Waals surface area contributed by atoms with Crippen molar-refractivity contribution in [2.24, 2.45) is 5.92 Å². The van der Waals surface area contributed by atoms with Crippen LogP contribution in [0.1, 0.15) is 111 Å². The van der Waals surface area contributed by atoms with Gasteiger partial charge in [0, 0.05) is 19.4 Å². The van der Waals surface area contributed by atoms with Crippen LogP contribution in [0.4, 0.5) is 4.79 Å². The molecule has 0 spiro atoms. The molecule has 13 heteroatoms. The number of unbranched alkanes of at least 4 members (excludes halogenated alkanes) is 1. The maximum Gasteiger partial charge on any atom is 0.408 e. The first-order valence-corrected chi connectivity index (χ1v) is 19.2. The van der Waals surface area contributed by atoms with Crippen molar-refractivity contribution in [1.82, 2.24) is 20.7 Å². The third-order valence-corrected chi connectivity index (χ3v) is 9.95. The van der Waals surface area contributed by atoms with Crippen molar-refractivity contribution in [3.05, 3.63) is 35.9 Å². The molecule has 0 bridgehead atoms. The molecule has 2 rings (SSSR count). The second kappa shape index (κ2) is 20.7. The molecule has 12 nitrogen and oxygen atoms in total. The molecular formula is C35H60N4O8S. The molecule has 1 fully saturated rings. The Kier molecular flexibility index (Phi) is 17.9. The van der Waals surface area contributed by atoms with Crippen LogP contribution in [0.15, 0.2) is 30.3 Å². The fourth-order valence-electron chi connectivity index (χ4n) is 5.93. The van der Waals surface area contributed by atoms with Crippen LogP contribution in [0.25, 0.3) is 0 Å². The first-order chi connectivity index (χ1) is 22.6. The molecule has 1 aliphatic carbocycles. The lowest BCUT2D eigenvalue weighted by molar-refractivity contribution is -0.131. The van der Waals surface area contributed by atoms with Gasteiger partial charge in [-0.1, -0.05) is 89.1 Å². The fraction of sp³-hybridized carbons (Fsp3) is 0.743. The lowest BCUT2D eigenvalue weighted by Crippen LogP contribution is -2.57. The number of ether oxygens (including phenoxy) is 1. The molecular weight excluding hydrogens is 636 g/mol. The normalized spacial score (nSPS) is 17.4. The number of hydrogen-bond donors (Lipinski definition) is 6. The van der Waals surface area contributed by atoms with E-state index < -0.39 is 63.9 Å². The Balaban J connectivity index is 2.22. The maximum atomic E-state index is 13.8. The van der Waals surface area contributed by atoms with E-state index >= 15 is 0 Å². The number of hydrogen-bond acceptors (Lipinski definition) is 8. The number of nitrogens with one attached hydrogen (secondary N) is 4. The van der Waals surface area contributed by atoms with Crippen LogP contribution < -0.4 is 20.7 Å². The van der Waals surface area contributed by atoms with Crippen LogP contribution in [-0.2, 0) is 30.8 Å². The van der Waals surface area contributed by atoms with Crippen LogP contribution in [0, 0.1) is 5.92 Å². The van der Waals surface area contributed by atoms with Crippen LogP contribution in [0.3, 0.4) is 0 Å². The molecule has 1 aliphatic rings. The number of carbonyl (C=O) groups excluding carboxylic acids is 3. The van der Waals surface area contributed by atoms with Gasteiger partial charge >= 0.3 is 6.09 Å². The van der Waals surface area contributed by atoms with Gasteiger partial charge in [-0.15, -0.1) is 0 Å². The highest BCUT2D eigenvalue weighted by Gasteiger charge is 2.32. The van der Waals surface area contributed by atoms with Crippen LogP contribution in [0.5, 0.6) is 0 Å². The minimum atomic E-state index is -3.54. The van der Waals surface area contributed by atoms with Gasteiger partial charge < -0.3 is 30.9 Å². The average Bonchev–Trinajstić information content (AvgIpc) is 3.01. The maximum absolute atomic E-state index is 13.8. The van der Waals surface area contributed by atoms with Gasteiger partial charge in [-0.2, -0.15) is 0 Å². The van der Waals surface area contributed by atoms with Crippen molar-refractivity contribution in [2.45, 2.75) is 148 Å². The summed E-state index contributed by atoms with van der Waals surface area (Å²) in [4.78, 5) is 40.3. The zero-order valence-electron chi connectivity index (χ0n) is 29.5. The second-order valence-corrected chi connectivity index (χ2v) is 16.0. The van der Waals surface area contributed by atoms with Crippen LogP contribution >= 0.6 is 0 Å². The highest BCUT2D eigenvalue weighted by Crippen LogP contribution is 2.28. The summed E-state index contributed by atoms with van der Waals surface area (Å²) in [6, 6.07) is 6.54. The monoisotopic (exact) mass is 696 g/mol. The van der Waals surface area contributed by atoms with Crippen molar-refractivity contribution in [3.8, 4) is 0 Å². The average molecular weight is 697 g/mol. The lowest BCUT2D eigenvalue weighted by Gasteiger charge is -2.32. The zero-order chi connectivity index (χ0) is 35.7. The molecule has 0 saturated heterocycles. The number of aliphatic hydroxyl groups excluding tert-OH is 2. The minimum Gasteiger partial charge on any atom is -0.444 e. The van der Waals surface area contributed by atoms with Gasteiger partial charge in [0.05, 0.1) is 24.0 Å². The van der Waals surface area contributed by atoms with Crippen molar-refractivity contribution >= 4 is 27.9 Å². The van der Waals surface area contributed by atoms with Crippen molar-refractivity contribution < 1.29 is 37.8 Å². The molecule has 0 aliphatic heterocycles. The summed E-state index contributed by atoms with van der Waals surface area (Å²) in [6.07, 6.45) is 4.85. The predicted molar refractivity (Wildman–Crippen MR) is 187 cm³/mol. The molecule has 5 atom stereocenters. The quantitative estimate of drug-likeness (QED) is 0.119. The molecule has 0 heterocycles. The number of rotatable bonds is 20. The van der Waals surface area contributed by atoms with Gasteiger partial charge in [0.1, 0.15) is 17.7 Å². The first kappa shape index (κ1) is 41.4. The van der Waals surface area contributed by atoms with E-state index in [4.69, 9.17) is 4.74 Å². The molecule has 0 unspecified atom stereocenters. The summed E-state index contributed by atoms with van der Waals surface area (Å²) in [5.41, 5.74) is 0.0395. The summed E-state index contributed by atoms with van der Waals surface area (Å²) in [5.74, 6) is -0.797. The van der Waals surface area contributed by atoms with E-state index in [0.29, 0.717) is 25.7 Å². The predicted octanol–water partition coefficient (Wildman–Crippen LogP) is 3.69. The Morgan fingerprint density at radius 1 is 0.917 bits per heavy atom. The number of carbonyl (C=O) groups is 3. The highest BCUT2D eigenvalue weighted by molar-refractivity contribution is 7.89. The van der Waals surface area contributed by atoms with E-state index in [9.17, 15) is 33.0 Å². The Morgan fingerprint density at radius 2 is 1.56 bits per heavy atom. The fourth-order valence-corrected chi connectivity index (χ4v) is 7.05. The molecule has 274 valence electrons. The van der Waals surface area contributed by atoms with E-state index in [1.54, 1.807) is 27.7 Å². The number of alkyl carbamates (subject to hydrolysis) is 1. The zero-order valence-corrected chi connectivity index (χ0v) is 30.3. The van der Waals surface area contributed by atoms with Gasteiger partial charge in [0.2, 0.25) is 21.8 Å². The third kappa shape index (κ3) is 16.6. The smallest absolute Gasteiger partial charge is 0.408 e. The van der Waals surface area contributed by atoms with Gasteiger partial charge in [0.15, 0.2) is 0 Å². The summed E-state index contributed by atoms with van der Waals surface area (Å²) in [7, 11) is -3.54. The molecule has 1 saturated carbocycles. The molecule has 6 N–H and O–H groups in total. The van der Waals surface area contributed by atoms with Crippen molar-refractivity contribution in [1.29, 1.82) is 0 Å². The van der Waals surface area contributed by atoms with Gasteiger partial charge in [-0.05, 0) is 51.5 Å². The summed E-state index contributed by atoms with van der Waals surface area (Å²) in [5, 5.41) is 30.4. The van der Waals surface area contributed by atoms with Gasteiger partial charge in [0.25, 0.3) is 0 Å². The van der Waals surface area contributed by atoms with E-state index in [-0.39, 0.29) is 31.1 Å². The van der Waals surface area contributed by atoms with Crippen LogP contribution in [0.2, 0.25) is 0 Å². The number of sulfonamides is 1. The van der Waals surface area contributed by atoms with E-state index in [1.165, 1.54) is 0 Å². The van der Waals surface area contributed by atoms with Crippen molar-refractivity contribution in [2.75, 3.05) is 12.3 Å². The second-order valence-electron chi connectivity index (χ2n) is 14.1. The van der Waals surface area contributed by atoms with Gasteiger partial charge in [-0.3, -0.25) is 9.59 Å². The summed E-state index contributed by atoms with van der Waals surface area (Å²) < 4.78 is 31.9. The van der Waals surface area contributed by atoms with Gasteiger partial charge in [-0.25, -0.2) is 17.9 Å². The largest absolute Gasteiger partial charge is 0.444 e. The SMILES string of the molecule is CCCC[C@H](NC(=O)[C@H](Cc1ccccc1)NC(=O)OC(C)(C)C)C(=O)N[C@@H](CC1CCCCC1)[C@@H](O)C[C@H](O)CNS(=O)(=O)CCC. The Morgan fingerprint density at radius 3 is 2.17 bits per heavy atom. The standard InChI is InChI=1S/C35H60N4O8S/c1-6-8-19-28(37-33(43)30(22-26-17-13-10-14-18-26)39-34(44)47-35(3,4)5)32(42)38-29(21-25-15-11-9-12-16-25)31(41)23-27(40)24-36-48(45,46)20-7-2/h10,13-14,17-18,25,27-31,36,40-41H,6-9,11-12,15-16,19-24H2,1-5H3,(H,37,43)(H,38,42)(H,39,44)/t27-,28-,29-,30-,31-/m0/s1. The van der Waals surface area contributed by atoms with E-state index in [1.807, 2.05) is 37.3 Å². The minimum absolute atomic E-state index is 0.0625.